The molecular weight excluding hydrogens is 396 g/mol. The van der Waals surface area contributed by atoms with E-state index in [0.29, 0.717) is 12.3 Å². The summed E-state index contributed by atoms with van der Waals surface area (Å²) in [6.07, 6.45) is 3.80. The molecule has 0 aliphatic rings. The molecule has 3 aromatic carbocycles. The Morgan fingerprint density at radius 3 is 1.66 bits per heavy atom. The Hall–Kier alpha value is -3.66. The molecule has 4 nitrogen and oxygen atoms in total. The van der Waals surface area contributed by atoms with Gasteiger partial charge in [-0.25, -0.2) is 4.98 Å². The summed E-state index contributed by atoms with van der Waals surface area (Å²) in [6.45, 7) is 5.86. The molecule has 0 spiro atoms. The summed E-state index contributed by atoms with van der Waals surface area (Å²) in [6, 6.07) is 31.2. The first-order valence-corrected chi connectivity index (χ1v) is 10.9. The molecular formula is C28H28N2O2. The minimum atomic E-state index is -0.864. The fourth-order valence-electron chi connectivity index (χ4n) is 4.23. The first-order chi connectivity index (χ1) is 15.5. The van der Waals surface area contributed by atoms with E-state index >= 15 is 0 Å². The van der Waals surface area contributed by atoms with Gasteiger partial charge in [0.05, 0.1) is 18.6 Å². The number of esters is 1. The van der Waals surface area contributed by atoms with E-state index in [2.05, 4.69) is 77.4 Å². The summed E-state index contributed by atoms with van der Waals surface area (Å²) in [4.78, 5) is 17.4. The second-order valence-corrected chi connectivity index (χ2v) is 8.32. The fraction of sp³-hybridized carbons (Fsp3) is 0.214. The molecule has 0 radical (unpaired) electrons. The second-order valence-electron chi connectivity index (χ2n) is 8.32. The molecule has 0 aliphatic heterocycles. The van der Waals surface area contributed by atoms with Gasteiger partial charge >= 0.3 is 5.97 Å². The number of aromatic nitrogens is 2. The topological polar surface area (TPSA) is 44.1 Å². The maximum Gasteiger partial charge on any atom is 0.317 e. The molecule has 0 unspecified atom stereocenters. The average Bonchev–Trinajstić information content (AvgIpc) is 3.33. The van der Waals surface area contributed by atoms with E-state index in [1.165, 1.54) is 0 Å². The zero-order valence-corrected chi connectivity index (χ0v) is 18.7. The molecule has 0 bridgehead atoms. The van der Waals surface area contributed by atoms with Crippen LogP contribution in [0.15, 0.2) is 104 Å². The van der Waals surface area contributed by atoms with Crippen LogP contribution >= 0.6 is 0 Å². The molecule has 4 rings (SSSR count). The third-order valence-electron chi connectivity index (χ3n) is 5.97. The fourth-order valence-corrected chi connectivity index (χ4v) is 4.23. The van der Waals surface area contributed by atoms with Gasteiger partial charge < -0.3 is 9.30 Å². The van der Waals surface area contributed by atoms with Gasteiger partial charge in [0.25, 0.3) is 0 Å². The number of rotatable bonds is 7. The van der Waals surface area contributed by atoms with Gasteiger partial charge in [-0.05, 0) is 37.5 Å². The van der Waals surface area contributed by atoms with Crippen LogP contribution < -0.4 is 0 Å². The zero-order valence-electron chi connectivity index (χ0n) is 18.7. The standard InChI is InChI=1S/C28H28N2O2/c1-4-32-26(31)27(2,3)25-20-30(21-29-25)28(22-14-8-5-9-15-22,23-16-10-6-11-17-23)24-18-12-7-13-19-24/h5-21H,4H2,1-3H3. The van der Waals surface area contributed by atoms with E-state index in [0.717, 1.165) is 16.7 Å². The molecule has 1 aromatic heterocycles. The van der Waals surface area contributed by atoms with Crippen molar-refractivity contribution in [1.82, 2.24) is 9.55 Å². The van der Waals surface area contributed by atoms with Crippen LogP contribution in [0.25, 0.3) is 0 Å². The summed E-state index contributed by atoms with van der Waals surface area (Å²) < 4.78 is 7.44. The van der Waals surface area contributed by atoms with Crippen molar-refractivity contribution in [2.45, 2.75) is 31.7 Å². The lowest BCUT2D eigenvalue weighted by molar-refractivity contribution is -0.148. The van der Waals surface area contributed by atoms with Crippen molar-refractivity contribution < 1.29 is 9.53 Å². The number of hydrogen-bond acceptors (Lipinski definition) is 3. The van der Waals surface area contributed by atoms with Gasteiger partial charge in [0, 0.05) is 6.20 Å². The molecule has 0 atom stereocenters. The Kier molecular flexibility index (Phi) is 5.95. The summed E-state index contributed by atoms with van der Waals surface area (Å²) in [5.74, 6) is -0.282. The first-order valence-electron chi connectivity index (χ1n) is 10.9. The lowest BCUT2D eigenvalue weighted by atomic mass is 9.76. The van der Waals surface area contributed by atoms with Crippen LogP contribution in [0.1, 0.15) is 43.2 Å². The maximum atomic E-state index is 12.7. The lowest BCUT2D eigenvalue weighted by Gasteiger charge is -2.37. The molecule has 0 fully saturated rings. The lowest BCUT2D eigenvalue weighted by Crippen LogP contribution is -2.37. The molecule has 0 saturated carbocycles. The average molecular weight is 425 g/mol. The van der Waals surface area contributed by atoms with Gasteiger partial charge in [0.1, 0.15) is 11.0 Å². The highest BCUT2D eigenvalue weighted by Gasteiger charge is 2.40. The number of carbonyl (C=O) groups excluding carboxylic acids is 1. The molecule has 0 N–H and O–H groups in total. The highest BCUT2D eigenvalue weighted by atomic mass is 16.5. The highest BCUT2D eigenvalue weighted by Crippen LogP contribution is 2.41. The monoisotopic (exact) mass is 424 g/mol. The molecule has 162 valence electrons. The second kappa shape index (κ2) is 8.83. The van der Waals surface area contributed by atoms with Crippen molar-refractivity contribution in [2.24, 2.45) is 0 Å². The van der Waals surface area contributed by atoms with Crippen molar-refractivity contribution in [3.05, 3.63) is 126 Å². The SMILES string of the molecule is CCOC(=O)C(C)(C)c1cn(C(c2ccccc2)(c2ccccc2)c2ccccc2)cn1. The van der Waals surface area contributed by atoms with Gasteiger partial charge in [-0.1, -0.05) is 91.0 Å². The minimum absolute atomic E-state index is 0.282. The predicted octanol–water partition coefficient (Wildman–Crippen LogP) is 5.56. The van der Waals surface area contributed by atoms with Crippen LogP contribution in [-0.4, -0.2) is 22.1 Å². The molecule has 0 saturated heterocycles. The van der Waals surface area contributed by atoms with Crippen molar-refractivity contribution in [1.29, 1.82) is 0 Å². The van der Waals surface area contributed by atoms with E-state index in [4.69, 9.17) is 9.72 Å². The van der Waals surface area contributed by atoms with E-state index in [9.17, 15) is 4.79 Å². The summed E-state index contributed by atoms with van der Waals surface area (Å²) in [7, 11) is 0. The van der Waals surface area contributed by atoms with Crippen molar-refractivity contribution in [2.75, 3.05) is 6.61 Å². The number of nitrogens with zero attached hydrogens (tertiary/aromatic N) is 2. The number of ether oxygens (including phenoxy) is 1. The van der Waals surface area contributed by atoms with Crippen LogP contribution in [0, 0.1) is 0 Å². The zero-order chi connectivity index (χ0) is 22.6. The Morgan fingerprint density at radius 1 is 0.812 bits per heavy atom. The number of imidazole rings is 1. The van der Waals surface area contributed by atoms with E-state index in [1.807, 2.05) is 51.5 Å². The van der Waals surface area contributed by atoms with Gasteiger partial charge in [-0.3, -0.25) is 4.79 Å². The Labute approximate surface area is 189 Å². The van der Waals surface area contributed by atoms with Crippen molar-refractivity contribution in [3.63, 3.8) is 0 Å². The van der Waals surface area contributed by atoms with Crippen LogP contribution in [0.4, 0.5) is 0 Å². The first kappa shape index (κ1) is 21.6. The molecule has 4 aromatic rings. The normalized spacial score (nSPS) is 11.8. The molecule has 0 amide bonds. The van der Waals surface area contributed by atoms with Gasteiger partial charge in [0.2, 0.25) is 0 Å². The molecule has 4 heteroatoms. The van der Waals surface area contributed by atoms with Crippen LogP contribution in [0.2, 0.25) is 0 Å². The Morgan fingerprint density at radius 2 is 1.25 bits per heavy atom. The summed E-state index contributed by atoms with van der Waals surface area (Å²) in [5.41, 5.74) is 2.47. The molecule has 1 heterocycles. The number of hydrogen-bond donors (Lipinski definition) is 0. The number of carbonyl (C=O) groups is 1. The quantitative estimate of drug-likeness (QED) is 0.288. The van der Waals surface area contributed by atoms with E-state index < -0.39 is 11.0 Å². The smallest absolute Gasteiger partial charge is 0.317 e. The minimum Gasteiger partial charge on any atom is -0.465 e. The van der Waals surface area contributed by atoms with Gasteiger partial charge in [-0.15, -0.1) is 0 Å². The predicted molar refractivity (Wildman–Crippen MR) is 126 cm³/mol. The van der Waals surface area contributed by atoms with Crippen LogP contribution in [-0.2, 0) is 20.5 Å². The largest absolute Gasteiger partial charge is 0.465 e. The Bertz CT molecular complexity index is 1070. The number of benzene rings is 3. The molecule has 0 aliphatic carbocycles. The van der Waals surface area contributed by atoms with Gasteiger partial charge in [0.15, 0.2) is 0 Å². The van der Waals surface area contributed by atoms with E-state index in [-0.39, 0.29) is 5.97 Å². The van der Waals surface area contributed by atoms with E-state index in [1.54, 1.807) is 0 Å². The Balaban J connectivity index is 2.00. The van der Waals surface area contributed by atoms with Crippen molar-refractivity contribution in [3.8, 4) is 0 Å². The van der Waals surface area contributed by atoms with Crippen LogP contribution in [0.5, 0.6) is 0 Å². The highest BCUT2D eigenvalue weighted by molar-refractivity contribution is 5.81. The third kappa shape index (κ3) is 3.62. The van der Waals surface area contributed by atoms with Gasteiger partial charge in [-0.2, -0.15) is 0 Å². The third-order valence-corrected chi connectivity index (χ3v) is 5.97. The summed E-state index contributed by atoms with van der Waals surface area (Å²) in [5, 5.41) is 0. The van der Waals surface area contributed by atoms with Crippen molar-refractivity contribution >= 4 is 5.97 Å². The molecule has 32 heavy (non-hydrogen) atoms. The summed E-state index contributed by atoms with van der Waals surface area (Å²) >= 11 is 0. The maximum absolute atomic E-state index is 12.7. The van der Waals surface area contributed by atoms with Crippen LogP contribution in [0.3, 0.4) is 0 Å².